The Morgan fingerprint density at radius 2 is 0.771 bits per heavy atom. The maximum Gasteiger partial charge on any atom is 0.101 e. The van der Waals surface area contributed by atoms with Gasteiger partial charge in [-0.05, 0) is 57.6 Å². The number of aromatic amines is 2. The first kappa shape index (κ1) is 19.9. The fourth-order valence-electron chi connectivity index (χ4n) is 5.76. The first-order valence-corrected chi connectivity index (χ1v) is 12.0. The molecule has 7 rings (SSSR count). The van der Waals surface area contributed by atoms with Crippen LogP contribution in [0.2, 0.25) is 0 Å². The van der Waals surface area contributed by atoms with Gasteiger partial charge < -0.3 is 9.97 Å². The van der Waals surface area contributed by atoms with E-state index in [1.165, 1.54) is 33.4 Å². The summed E-state index contributed by atoms with van der Waals surface area (Å²) in [6, 6.07) is 47.6. The average Bonchev–Trinajstić information content (AvgIpc) is 3.67. The van der Waals surface area contributed by atoms with Crippen LogP contribution in [-0.4, -0.2) is 9.97 Å². The molecule has 6 aromatic rings. The van der Waals surface area contributed by atoms with Gasteiger partial charge in [-0.1, -0.05) is 109 Å². The highest BCUT2D eigenvalue weighted by atomic mass is 14.8. The van der Waals surface area contributed by atoms with Gasteiger partial charge in [0, 0.05) is 22.8 Å². The average molecular weight is 449 g/mol. The summed E-state index contributed by atoms with van der Waals surface area (Å²) in [4.78, 5) is 7.64. The lowest BCUT2D eigenvalue weighted by Gasteiger charge is -2.31. The quantitative estimate of drug-likeness (QED) is 0.273. The Labute approximate surface area is 204 Å². The maximum atomic E-state index is 3.82. The van der Waals surface area contributed by atoms with E-state index in [1.54, 1.807) is 0 Å². The van der Waals surface area contributed by atoms with Crippen LogP contribution < -0.4 is 0 Å². The van der Waals surface area contributed by atoms with Crippen LogP contribution >= 0.6 is 0 Å². The number of fused-ring (bicyclic) bond motifs is 3. The third-order valence-electron chi connectivity index (χ3n) is 7.30. The van der Waals surface area contributed by atoms with Crippen LogP contribution in [0.4, 0.5) is 0 Å². The molecule has 0 aliphatic heterocycles. The first-order chi connectivity index (χ1) is 17.4. The van der Waals surface area contributed by atoms with Crippen molar-refractivity contribution in [1.29, 1.82) is 0 Å². The van der Waals surface area contributed by atoms with Crippen molar-refractivity contribution < 1.29 is 0 Å². The van der Waals surface area contributed by atoms with Gasteiger partial charge in [0.2, 0.25) is 0 Å². The molecule has 2 nitrogen and oxygen atoms in total. The molecule has 0 amide bonds. The third kappa shape index (κ3) is 2.90. The van der Waals surface area contributed by atoms with Crippen molar-refractivity contribution in [3.63, 3.8) is 0 Å². The number of rotatable bonds is 4. The predicted octanol–water partition coefficient (Wildman–Crippen LogP) is 8.04. The molecule has 0 saturated carbocycles. The summed E-state index contributed by atoms with van der Waals surface area (Å²) in [6.07, 6.45) is 0. The largest absolute Gasteiger partial charge is 0.357 e. The van der Waals surface area contributed by atoms with Crippen molar-refractivity contribution >= 4 is 0 Å². The molecule has 35 heavy (non-hydrogen) atoms. The van der Waals surface area contributed by atoms with Gasteiger partial charge in [0.25, 0.3) is 0 Å². The van der Waals surface area contributed by atoms with Gasteiger partial charge in [-0.2, -0.15) is 0 Å². The molecule has 2 N–H and O–H groups in total. The van der Waals surface area contributed by atoms with Gasteiger partial charge in [-0.25, -0.2) is 0 Å². The molecule has 166 valence electrons. The Balaban J connectivity index is 1.52. The summed E-state index contributed by atoms with van der Waals surface area (Å²) < 4.78 is 0. The summed E-state index contributed by atoms with van der Waals surface area (Å²) in [5.41, 5.74) is 11.6. The molecule has 2 heteroatoms. The summed E-state index contributed by atoms with van der Waals surface area (Å²) in [6.45, 7) is 0. The first-order valence-electron chi connectivity index (χ1n) is 12.0. The fourth-order valence-corrected chi connectivity index (χ4v) is 5.76. The van der Waals surface area contributed by atoms with Crippen molar-refractivity contribution in [1.82, 2.24) is 9.97 Å². The lowest BCUT2D eigenvalue weighted by atomic mass is 9.73. The van der Waals surface area contributed by atoms with Crippen molar-refractivity contribution in [2.45, 2.75) is 5.41 Å². The summed E-state index contributed by atoms with van der Waals surface area (Å²) in [7, 11) is 0. The Hall–Kier alpha value is -4.56. The molecule has 1 aliphatic rings. The highest BCUT2D eigenvalue weighted by Gasteiger charge is 2.47. The van der Waals surface area contributed by atoms with E-state index in [-0.39, 0.29) is 0 Å². The van der Waals surface area contributed by atoms with Gasteiger partial charge >= 0.3 is 0 Å². The molecular formula is C33H24N2. The van der Waals surface area contributed by atoms with Crippen molar-refractivity contribution in [3.8, 4) is 33.6 Å². The fraction of sp³-hybridized carbons (Fsp3) is 0.0303. The maximum absolute atomic E-state index is 3.82. The Morgan fingerprint density at radius 1 is 0.371 bits per heavy atom. The monoisotopic (exact) mass is 448 g/mol. The third-order valence-corrected chi connectivity index (χ3v) is 7.30. The second-order valence-electron chi connectivity index (χ2n) is 9.14. The zero-order chi connectivity index (χ0) is 23.2. The molecule has 0 bridgehead atoms. The molecule has 0 saturated heterocycles. The molecule has 0 radical (unpaired) electrons. The molecule has 2 heterocycles. The van der Waals surface area contributed by atoms with Gasteiger partial charge in [0.05, 0.1) is 0 Å². The molecule has 0 fully saturated rings. The van der Waals surface area contributed by atoms with Gasteiger partial charge in [0.15, 0.2) is 0 Å². The zero-order valence-corrected chi connectivity index (χ0v) is 19.2. The molecule has 0 unspecified atom stereocenters. The summed E-state index contributed by atoms with van der Waals surface area (Å²) in [5.74, 6) is 0. The lowest BCUT2D eigenvalue weighted by molar-refractivity contribution is 0.719. The second-order valence-corrected chi connectivity index (χ2v) is 9.14. The van der Waals surface area contributed by atoms with Crippen LogP contribution in [0.3, 0.4) is 0 Å². The Kier molecular flexibility index (Phi) is 4.40. The molecule has 1 aliphatic carbocycles. The molecule has 0 atom stereocenters. The standard InChI is InChI=1S/C33H24N2/c1-3-11-23(12-4-1)29-19-21-31(34-29)33(32-22-20-30(35-32)24-13-5-2-6-14-24)27-17-9-7-15-25(27)26-16-8-10-18-28(26)33/h1-22,34-35H. The van der Waals surface area contributed by atoms with E-state index >= 15 is 0 Å². The highest BCUT2D eigenvalue weighted by Crippen LogP contribution is 2.55. The molecule has 0 spiro atoms. The van der Waals surface area contributed by atoms with Gasteiger partial charge in [-0.15, -0.1) is 0 Å². The predicted molar refractivity (Wildman–Crippen MR) is 143 cm³/mol. The SMILES string of the molecule is c1ccc(-c2ccc(C3(c4ccc(-c5ccccc5)[nH]4)c4ccccc4-c4ccccc43)[nH]2)cc1. The molecular weight excluding hydrogens is 424 g/mol. The van der Waals surface area contributed by atoms with Crippen LogP contribution in [0.15, 0.2) is 133 Å². The zero-order valence-electron chi connectivity index (χ0n) is 19.2. The topological polar surface area (TPSA) is 31.6 Å². The number of H-pyrrole nitrogens is 2. The number of benzene rings is 4. The minimum Gasteiger partial charge on any atom is -0.357 e. The van der Waals surface area contributed by atoms with Gasteiger partial charge in [-0.3, -0.25) is 0 Å². The number of aromatic nitrogens is 2. The number of nitrogens with one attached hydrogen (secondary N) is 2. The van der Waals surface area contributed by atoms with Crippen molar-refractivity contribution in [2.24, 2.45) is 0 Å². The van der Waals surface area contributed by atoms with Crippen LogP contribution in [0.5, 0.6) is 0 Å². The van der Waals surface area contributed by atoms with Crippen molar-refractivity contribution in [2.75, 3.05) is 0 Å². The van der Waals surface area contributed by atoms with E-state index < -0.39 is 5.41 Å². The highest BCUT2D eigenvalue weighted by molar-refractivity contribution is 5.86. The Bertz CT molecular complexity index is 1510. The van der Waals surface area contributed by atoms with E-state index in [0.717, 1.165) is 22.8 Å². The van der Waals surface area contributed by atoms with E-state index in [0.29, 0.717) is 0 Å². The van der Waals surface area contributed by atoms with E-state index in [2.05, 4.69) is 143 Å². The van der Waals surface area contributed by atoms with Crippen LogP contribution in [0.1, 0.15) is 22.5 Å². The van der Waals surface area contributed by atoms with Crippen LogP contribution in [0, 0.1) is 0 Å². The Morgan fingerprint density at radius 3 is 1.23 bits per heavy atom. The normalized spacial score (nSPS) is 13.4. The molecule has 2 aromatic heterocycles. The smallest absolute Gasteiger partial charge is 0.101 e. The van der Waals surface area contributed by atoms with E-state index in [9.17, 15) is 0 Å². The van der Waals surface area contributed by atoms with E-state index in [1.807, 2.05) is 0 Å². The van der Waals surface area contributed by atoms with E-state index in [4.69, 9.17) is 0 Å². The van der Waals surface area contributed by atoms with Crippen molar-refractivity contribution in [3.05, 3.63) is 156 Å². The van der Waals surface area contributed by atoms with Crippen LogP contribution in [0.25, 0.3) is 33.6 Å². The molecule has 4 aromatic carbocycles. The second kappa shape index (κ2) is 7.75. The summed E-state index contributed by atoms with van der Waals surface area (Å²) >= 11 is 0. The van der Waals surface area contributed by atoms with Gasteiger partial charge in [0.1, 0.15) is 5.41 Å². The van der Waals surface area contributed by atoms with Crippen LogP contribution in [-0.2, 0) is 5.41 Å². The number of hydrogen-bond acceptors (Lipinski definition) is 0. The minimum absolute atomic E-state index is 0.465. The summed E-state index contributed by atoms with van der Waals surface area (Å²) in [5, 5.41) is 0. The number of hydrogen-bond donors (Lipinski definition) is 2. The minimum atomic E-state index is -0.465. The lowest BCUT2D eigenvalue weighted by Crippen LogP contribution is -2.29.